The number of nitrogens with one attached hydrogen (secondary N) is 3. The van der Waals surface area contributed by atoms with E-state index in [0.29, 0.717) is 0 Å². The highest BCUT2D eigenvalue weighted by Crippen LogP contribution is 2.31. The van der Waals surface area contributed by atoms with E-state index >= 15 is 0 Å². The third-order valence-corrected chi connectivity index (χ3v) is 5.28. The molecule has 4 rings (SSSR count). The molecule has 138 valence electrons. The number of fused-ring (bicyclic) bond motifs is 2. The fourth-order valence-electron chi connectivity index (χ4n) is 3.88. The van der Waals surface area contributed by atoms with Crippen LogP contribution in [0.5, 0.6) is 0 Å². The molecule has 0 fully saturated rings. The van der Waals surface area contributed by atoms with Crippen LogP contribution in [0.4, 0.5) is 0 Å². The Balaban J connectivity index is 1.47. The van der Waals surface area contributed by atoms with Gasteiger partial charge in [-0.05, 0) is 83.1 Å². The van der Waals surface area contributed by atoms with Gasteiger partial charge >= 0.3 is 0 Å². The third kappa shape index (κ3) is 3.69. The molecule has 0 aliphatic heterocycles. The maximum Gasteiger partial charge on any atom is 0.112 e. The number of nitrogens with zero attached hydrogens (tertiary/aromatic N) is 2. The van der Waals surface area contributed by atoms with Gasteiger partial charge in [-0.1, -0.05) is 6.07 Å². The molecule has 0 bridgehead atoms. The van der Waals surface area contributed by atoms with Gasteiger partial charge in [0.1, 0.15) is 5.69 Å². The maximum atomic E-state index is 4.60. The Morgan fingerprint density at radius 1 is 1.15 bits per heavy atom. The number of H-pyrrole nitrogens is 2. The van der Waals surface area contributed by atoms with E-state index in [1.807, 2.05) is 0 Å². The normalized spacial score (nSPS) is 14.3. The smallest absolute Gasteiger partial charge is 0.112 e. The van der Waals surface area contributed by atoms with Gasteiger partial charge in [-0.15, -0.1) is 0 Å². The molecule has 5 nitrogen and oxygen atoms in total. The summed E-state index contributed by atoms with van der Waals surface area (Å²) in [4.78, 5) is 5.78. The molecular weight excluding hydrogens is 322 g/mol. The van der Waals surface area contributed by atoms with Crippen LogP contribution in [0.25, 0.3) is 22.3 Å². The molecule has 0 amide bonds. The van der Waals surface area contributed by atoms with Crippen LogP contribution >= 0.6 is 0 Å². The molecule has 2 heterocycles. The summed E-state index contributed by atoms with van der Waals surface area (Å²) in [6.45, 7) is 3.09. The molecule has 1 aromatic carbocycles. The van der Waals surface area contributed by atoms with Gasteiger partial charge in [0.15, 0.2) is 0 Å². The predicted octanol–water partition coefficient (Wildman–Crippen LogP) is 3.48. The average molecular weight is 351 g/mol. The Morgan fingerprint density at radius 2 is 2.04 bits per heavy atom. The number of benzene rings is 1. The first kappa shape index (κ1) is 17.3. The SMILES string of the molecule is CN(C)CCCNCc1ccc2[nH]c(-c3n[nH]c4c3CCCC4)cc2c1. The second kappa shape index (κ2) is 7.64. The third-order valence-electron chi connectivity index (χ3n) is 5.28. The number of hydrogen-bond donors (Lipinski definition) is 3. The minimum atomic E-state index is 0.918. The van der Waals surface area contributed by atoms with E-state index in [0.717, 1.165) is 43.9 Å². The maximum absolute atomic E-state index is 4.60. The van der Waals surface area contributed by atoms with Crippen molar-refractivity contribution in [2.75, 3.05) is 27.2 Å². The zero-order valence-corrected chi connectivity index (χ0v) is 15.9. The van der Waals surface area contributed by atoms with E-state index in [2.05, 4.69) is 63.8 Å². The summed E-state index contributed by atoms with van der Waals surface area (Å²) < 4.78 is 0. The molecule has 0 saturated heterocycles. The summed E-state index contributed by atoms with van der Waals surface area (Å²) in [6, 6.07) is 8.93. The van der Waals surface area contributed by atoms with Crippen LogP contribution in [-0.2, 0) is 19.4 Å². The van der Waals surface area contributed by atoms with Crippen LogP contribution in [0.1, 0.15) is 36.1 Å². The molecule has 0 spiro atoms. The van der Waals surface area contributed by atoms with Crippen molar-refractivity contribution < 1.29 is 0 Å². The highest BCUT2D eigenvalue weighted by Gasteiger charge is 2.19. The lowest BCUT2D eigenvalue weighted by molar-refractivity contribution is 0.394. The molecule has 5 heteroatoms. The van der Waals surface area contributed by atoms with Crippen LogP contribution in [0, 0.1) is 0 Å². The van der Waals surface area contributed by atoms with Crippen molar-refractivity contribution in [1.82, 2.24) is 25.4 Å². The highest BCUT2D eigenvalue weighted by atomic mass is 15.1. The van der Waals surface area contributed by atoms with Crippen LogP contribution < -0.4 is 5.32 Å². The van der Waals surface area contributed by atoms with Crippen molar-refractivity contribution in [2.45, 2.75) is 38.6 Å². The number of rotatable bonds is 7. The van der Waals surface area contributed by atoms with Crippen LogP contribution in [-0.4, -0.2) is 47.3 Å². The molecule has 1 aliphatic rings. The summed E-state index contributed by atoms with van der Waals surface area (Å²) in [7, 11) is 4.24. The molecule has 0 unspecified atom stereocenters. The molecule has 1 aliphatic carbocycles. The minimum absolute atomic E-state index is 0.918. The first-order valence-corrected chi connectivity index (χ1v) is 9.74. The standard InChI is InChI=1S/C21H29N5/c1-26(2)11-5-10-22-14-15-8-9-18-16(12-15)13-20(23-18)21-17-6-3-4-7-19(17)24-25-21/h8-9,12-13,22-23H,3-7,10-11,14H2,1-2H3,(H,24,25). The van der Waals surface area contributed by atoms with Crippen molar-refractivity contribution in [2.24, 2.45) is 0 Å². The molecule has 3 N–H and O–H groups in total. The lowest BCUT2D eigenvalue weighted by atomic mass is 9.95. The van der Waals surface area contributed by atoms with Crippen LogP contribution in [0.2, 0.25) is 0 Å². The molecule has 0 saturated carbocycles. The zero-order valence-electron chi connectivity index (χ0n) is 15.9. The Labute approximate surface area is 155 Å². The van der Waals surface area contributed by atoms with Gasteiger partial charge in [0.05, 0.1) is 5.69 Å². The number of aromatic amines is 2. The van der Waals surface area contributed by atoms with Crippen LogP contribution in [0.15, 0.2) is 24.3 Å². The average Bonchev–Trinajstić information content (AvgIpc) is 3.24. The summed E-state index contributed by atoms with van der Waals surface area (Å²) >= 11 is 0. The molecule has 3 aromatic rings. The van der Waals surface area contributed by atoms with Crippen molar-refractivity contribution >= 4 is 10.9 Å². The number of aryl methyl sites for hydroxylation is 1. The molecule has 26 heavy (non-hydrogen) atoms. The molecule has 0 radical (unpaired) electrons. The van der Waals surface area contributed by atoms with Gasteiger partial charge in [-0.25, -0.2) is 0 Å². The monoisotopic (exact) mass is 351 g/mol. The first-order chi connectivity index (χ1) is 12.7. The summed E-state index contributed by atoms with van der Waals surface area (Å²) in [5.74, 6) is 0. The van der Waals surface area contributed by atoms with Gasteiger partial charge < -0.3 is 15.2 Å². The van der Waals surface area contributed by atoms with Gasteiger partial charge in [0.25, 0.3) is 0 Å². The largest absolute Gasteiger partial charge is 0.353 e. The topological polar surface area (TPSA) is 59.7 Å². The van der Waals surface area contributed by atoms with Crippen molar-refractivity contribution in [3.63, 3.8) is 0 Å². The number of aromatic nitrogens is 3. The zero-order chi connectivity index (χ0) is 17.9. The van der Waals surface area contributed by atoms with Gasteiger partial charge in [0, 0.05) is 28.7 Å². The van der Waals surface area contributed by atoms with Crippen molar-refractivity contribution in [3.05, 3.63) is 41.1 Å². The van der Waals surface area contributed by atoms with Crippen molar-refractivity contribution in [1.29, 1.82) is 0 Å². The Bertz CT molecular complexity index is 874. The van der Waals surface area contributed by atoms with E-state index in [4.69, 9.17) is 0 Å². The van der Waals surface area contributed by atoms with Crippen LogP contribution in [0.3, 0.4) is 0 Å². The number of hydrogen-bond acceptors (Lipinski definition) is 3. The summed E-state index contributed by atoms with van der Waals surface area (Å²) in [6.07, 6.45) is 5.98. The van der Waals surface area contributed by atoms with E-state index in [9.17, 15) is 0 Å². The first-order valence-electron chi connectivity index (χ1n) is 9.74. The fourth-order valence-corrected chi connectivity index (χ4v) is 3.88. The van der Waals surface area contributed by atoms with Gasteiger partial charge in [-0.3, -0.25) is 5.10 Å². The summed E-state index contributed by atoms with van der Waals surface area (Å²) in [5, 5.41) is 12.6. The van der Waals surface area contributed by atoms with Gasteiger partial charge in [-0.2, -0.15) is 5.10 Å². The molecular formula is C21H29N5. The second-order valence-electron chi connectivity index (χ2n) is 7.67. The lowest BCUT2D eigenvalue weighted by Gasteiger charge is -2.10. The van der Waals surface area contributed by atoms with E-state index in [1.54, 1.807) is 0 Å². The Hall–Kier alpha value is -2.11. The highest BCUT2D eigenvalue weighted by molar-refractivity contribution is 5.86. The lowest BCUT2D eigenvalue weighted by Crippen LogP contribution is -2.20. The molecule has 2 aromatic heterocycles. The second-order valence-corrected chi connectivity index (χ2v) is 7.67. The van der Waals surface area contributed by atoms with E-state index in [1.165, 1.54) is 47.0 Å². The van der Waals surface area contributed by atoms with E-state index in [-0.39, 0.29) is 0 Å². The Morgan fingerprint density at radius 3 is 2.92 bits per heavy atom. The van der Waals surface area contributed by atoms with E-state index < -0.39 is 0 Å². The quantitative estimate of drug-likeness (QED) is 0.571. The molecule has 0 atom stereocenters. The Kier molecular flexibility index (Phi) is 5.09. The van der Waals surface area contributed by atoms with Crippen molar-refractivity contribution in [3.8, 4) is 11.4 Å². The van der Waals surface area contributed by atoms with Gasteiger partial charge in [0.2, 0.25) is 0 Å². The predicted molar refractivity (Wildman–Crippen MR) is 107 cm³/mol. The fraction of sp³-hybridized carbons (Fsp3) is 0.476. The summed E-state index contributed by atoms with van der Waals surface area (Å²) in [5.41, 5.74) is 7.49. The minimum Gasteiger partial charge on any atom is -0.353 e.